The number of nitrogens with zero attached hydrogens (tertiary/aromatic N) is 2. The van der Waals surface area contributed by atoms with Crippen molar-refractivity contribution >= 4 is 5.69 Å². The van der Waals surface area contributed by atoms with Crippen LogP contribution < -0.4 is 10.1 Å². The van der Waals surface area contributed by atoms with Gasteiger partial charge in [0.15, 0.2) is 6.61 Å². The lowest BCUT2D eigenvalue weighted by Gasteiger charge is -2.12. The molecule has 1 aromatic heterocycles. The largest absolute Gasteiger partial charge is 0.478 e. The third-order valence-corrected chi connectivity index (χ3v) is 2.74. The first-order valence-corrected chi connectivity index (χ1v) is 6.04. The Balaban J connectivity index is 2.07. The number of benzene rings is 1. The molecule has 4 heteroatoms. The molecule has 19 heavy (non-hydrogen) atoms. The highest BCUT2D eigenvalue weighted by atomic mass is 16.5. The Labute approximate surface area is 112 Å². The number of rotatable bonds is 5. The maximum absolute atomic E-state index is 8.56. The van der Waals surface area contributed by atoms with Crippen molar-refractivity contribution < 1.29 is 4.74 Å². The molecule has 4 nitrogen and oxygen atoms in total. The second kappa shape index (κ2) is 6.41. The molecule has 1 heterocycles. The molecule has 0 spiro atoms. The highest BCUT2D eigenvalue weighted by Crippen LogP contribution is 2.20. The monoisotopic (exact) mass is 253 g/mol. The van der Waals surface area contributed by atoms with Crippen LogP contribution in [0, 0.1) is 18.3 Å². The quantitative estimate of drug-likeness (QED) is 0.890. The number of pyridine rings is 1. The molecule has 1 aromatic carbocycles. The predicted octanol–water partition coefficient (Wildman–Crippen LogP) is 2.90. The van der Waals surface area contributed by atoms with Gasteiger partial charge in [0, 0.05) is 18.3 Å². The molecule has 0 fully saturated rings. The zero-order valence-corrected chi connectivity index (χ0v) is 10.8. The first-order valence-electron chi connectivity index (χ1n) is 6.04. The lowest BCUT2D eigenvalue weighted by molar-refractivity contribution is 0.364. The van der Waals surface area contributed by atoms with Gasteiger partial charge in [0.2, 0.25) is 0 Å². The summed E-state index contributed by atoms with van der Waals surface area (Å²) in [6, 6.07) is 13.5. The Morgan fingerprint density at radius 2 is 2.11 bits per heavy atom. The number of aryl methyl sites for hydroxylation is 1. The van der Waals surface area contributed by atoms with E-state index in [1.54, 1.807) is 6.20 Å². The van der Waals surface area contributed by atoms with Crippen LogP contribution in [0.4, 0.5) is 5.69 Å². The van der Waals surface area contributed by atoms with Crippen LogP contribution in [-0.4, -0.2) is 11.6 Å². The molecule has 0 saturated carbocycles. The Bertz CT molecular complexity index is 590. The van der Waals surface area contributed by atoms with Crippen LogP contribution in [0.1, 0.15) is 11.3 Å². The molecular formula is C15H15N3O. The molecule has 0 bridgehead atoms. The summed E-state index contributed by atoms with van der Waals surface area (Å²) in [6.45, 7) is 2.65. The van der Waals surface area contributed by atoms with Crippen LogP contribution in [0.3, 0.4) is 0 Å². The smallest absolute Gasteiger partial charge is 0.174 e. The second-order valence-corrected chi connectivity index (χ2v) is 4.04. The summed E-state index contributed by atoms with van der Waals surface area (Å²) in [5.74, 6) is 0.734. The van der Waals surface area contributed by atoms with E-state index in [2.05, 4.69) is 10.3 Å². The Morgan fingerprint density at radius 3 is 2.89 bits per heavy atom. The maximum atomic E-state index is 8.56. The van der Waals surface area contributed by atoms with Crippen molar-refractivity contribution in [3.05, 3.63) is 53.9 Å². The maximum Gasteiger partial charge on any atom is 0.174 e. The summed E-state index contributed by atoms with van der Waals surface area (Å²) in [5.41, 5.74) is 2.97. The highest BCUT2D eigenvalue weighted by Gasteiger charge is 2.03. The fourth-order valence-electron chi connectivity index (χ4n) is 1.76. The number of anilines is 1. The van der Waals surface area contributed by atoms with E-state index in [-0.39, 0.29) is 6.61 Å². The van der Waals surface area contributed by atoms with Crippen molar-refractivity contribution in [2.75, 3.05) is 11.9 Å². The first-order chi connectivity index (χ1) is 9.31. The van der Waals surface area contributed by atoms with Crippen molar-refractivity contribution in [1.82, 2.24) is 4.98 Å². The third kappa shape index (κ3) is 3.46. The summed E-state index contributed by atoms with van der Waals surface area (Å²) in [6.07, 6.45) is 1.77. The van der Waals surface area contributed by atoms with Crippen LogP contribution in [0.25, 0.3) is 0 Å². The van der Waals surface area contributed by atoms with Gasteiger partial charge in [-0.25, -0.2) is 0 Å². The number of para-hydroxylation sites is 1. The average molecular weight is 253 g/mol. The fraction of sp³-hybridized carbons (Fsp3) is 0.200. The van der Waals surface area contributed by atoms with E-state index in [9.17, 15) is 0 Å². The van der Waals surface area contributed by atoms with Gasteiger partial charge in [-0.3, -0.25) is 4.98 Å². The number of nitriles is 1. The van der Waals surface area contributed by atoms with Crippen LogP contribution in [0.5, 0.6) is 5.75 Å². The van der Waals surface area contributed by atoms with E-state index in [1.807, 2.05) is 49.4 Å². The van der Waals surface area contributed by atoms with Crippen molar-refractivity contribution in [3.63, 3.8) is 0 Å². The van der Waals surface area contributed by atoms with Crippen molar-refractivity contribution in [2.24, 2.45) is 0 Å². The molecule has 0 saturated heterocycles. The average Bonchev–Trinajstić information content (AvgIpc) is 2.45. The van der Waals surface area contributed by atoms with Crippen LogP contribution in [0.15, 0.2) is 42.6 Å². The van der Waals surface area contributed by atoms with E-state index < -0.39 is 0 Å². The van der Waals surface area contributed by atoms with Gasteiger partial charge in [0.25, 0.3) is 0 Å². The summed E-state index contributed by atoms with van der Waals surface area (Å²) in [7, 11) is 0. The molecule has 2 rings (SSSR count). The molecule has 0 atom stereocenters. The summed E-state index contributed by atoms with van der Waals surface area (Å²) in [5, 5.41) is 11.9. The zero-order chi connectivity index (χ0) is 13.5. The highest BCUT2D eigenvalue weighted by molar-refractivity contribution is 5.48. The van der Waals surface area contributed by atoms with E-state index in [0.717, 1.165) is 22.7 Å². The van der Waals surface area contributed by atoms with Crippen LogP contribution in [-0.2, 0) is 6.54 Å². The van der Waals surface area contributed by atoms with Crippen LogP contribution in [0.2, 0.25) is 0 Å². The molecule has 1 N–H and O–H groups in total. The van der Waals surface area contributed by atoms with Gasteiger partial charge in [-0.05, 0) is 25.1 Å². The lowest BCUT2D eigenvalue weighted by atomic mass is 10.2. The second-order valence-electron chi connectivity index (χ2n) is 4.04. The number of aromatic nitrogens is 1. The number of nitrogens with one attached hydrogen (secondary N) is 1. The third-order valence-electron chi connectivity index (χ3n) is 2.74. The van der Waals surface area contributed by atoms with E-state index in [0.29, 0.717) is 6.54 Å². The summed E-state index contributed by atoms with van der Waals surface area (Å²) < 4.78 is 5.39. The van der Waals surface area contributed by atoms with Crippen LogP contribution >= 0.6 is 0 Å². The van der Waals surface area contributed by atoms with Crippen molar-refractivity contribution in [3.8, 4) is 11.8 Å². The number of hydrogen-bond acceptors (Lipinski definition) is 4. The van der Waals surface area contributed by atoms with Crippen molar-refractivity contribution in [2.45, 2.75) is 13.5 Å². The van der Waals surface area contributed by atoms with Gasteiger partial charge >= 0.3 is 0 Å². The molecule has 0 aliphatic heterocycles. The molecule has 96 valence electrons. The molecule has 0 unspecified atom stereocenters. The van der Waals surface area contributed by atoms with E-state index in [1.165, 1.54) is 0 Å². The van der Waals surface area contributed by atoms with Gasteiger partial charge in [-0.2, -0.15) is 5.26 Å². The predicted molar refractivity (Wildman–Crippen MR) is 73.9 cm³/mol. The van der Waals surface area contributed by atoms with Crippen molar-refractivity contribution in [1.29, 1.82) is 5.26 Å². The van der Waals surface area contributed by atoms with Gasteiger partial charge in [-0.1, -0.05) is 18.2 Å². The topological polar surface area (TPSA) is 57.9 Å². The summed E-state index contributed by atoms with van der Waals surface area (Å²) >= 11 is 0. The zero-order valence-electron chi connectivity index (χ0n) is 10.8. The lowest BCUT2D eigenvalue weighted by Crippen LogP contribution is -2.04. The van der Waals surface area contributed by atoms with Gasteiger partial charge in [0.05, 0.1) is 11.4 Å². The number of hydrogen-bond donors (Lipinski definition) is 1. The SMILES string of the molecule is Cc1ncccc1NCc1ccccc1OCC#N. The molecular weight excluding hydrogens is 238 g/mol. The van der Waals surface area contributed by atoms with E-state index in [4.69, 9.17) is 10.00 Å². The Morgan fingerprint density at radius 1 is 1.26 bits per heavy atom. The molecule has 0 aliphatic rings. The summed E-state index contributed by atoms with van der Waals surface area (Å²) in [4.78, 5) is 4.23. The molecule has 2 aromatic rings. The molecule has 0 aliphatic carbocycles. The van der Waals surface area contributed by atoms with Gasteiger partial charge in [0.1, 0.15) is 11.8 Å². The normalized spacial score (nSPS) is 9.68. The standard InChI is InChI=1S/C15H15N3O/c1-12-14(6-4-9-17-12)18-11-13-5-2-3-7-15(13)19-10-8-16/h2-7,9,18H,10-11H2,1H3. The fourth-order valence-corrected chi connectivity index (χ4v) is 1.76. The minimum absolute atomic E-state index is 0.0585. The molecule has 0 radical (unpaired) electrons. The van der Waals surface area contributed by atoms with Gasteiger partial charge < -0.3 is 10.1 Å². The minimum Gasteiger partial charge on any atom is -0.478 e. The minimum atomic E-state index is 0.0585. The Hall–Kier alpha value is -2.54. The molecule has 0 amide bonds. The Kier molecular flexibility index (Phi) is 4.35. The van der Waals surface area contributed by atoms with E-state index >= 15 is 0 Å². The number of ether oxygens (including phenoxy) is 1. The van der Waals surface area contributed by atoms with Gasteiger partial charge in [-0.15, -0.1) is 0 Å². The first kappa shape index (κ1) is 12.9.